The molecule has 0 unspecified atom stereocenters. The number of hydrogen-bond donors (Lipinski definition) is 1. The Morgan fingerprint density at radius 3 is 2.87 bits per heavy atom. The van der Waals surface area contributed by atoms with E-state index < -0.39 is 0 Å². The van der Waals surface area contributed by atoms with Gasteiger partial charge in [0.05, 0.1) is 13.2 Å². The lowest BCUT2D eigenvalue weighted by Gasteiger charge is -2.39. The number of aliphatic hydroxyl groups is 1. The molecule has 0 aliphatic carbocycles. The molecule has 4 nitrogen and oxygen atoms in total. The summed E-state index contributed by atoms with van der Waals surface area (Å²) in [6, 6.07) is 0.368. The van der Waals surface area contributed by atoms with E-state index in [4.69, 9.17) is 9.84 Å². The van der Waals surface area contributed by atoms with Gasteiger partial charge in [0.25, 0.3) is 0 Å². The number of unbranched alkanes of at least 4 members (excludes halogenated alkanes) is 1. The highest BCUT2D eigenvalue weighted by atomic mass is 16.5. The molecular weight excluding hydrogens is 194 g/mol. The number of rotatable bonds is 7. The lowest BCUT2D eigenvalue weighted by atomic mass is 10.0. The molecule has 4 heteroatoms. The average Bonchev–Trinajstić information content (AvgIpc) is 2.17. The minimum atomic E-state index is -0.0974. The van der Waals surface area contributed by atoms with Crippen molar-refractivity contribution >= 4 is 5.97 Å². The lowest BCUT2D eigenvalue weighted by molar-refractivity contribution is -0.143. The number of nitrogens with zero attached hydrogens (tertiary/aromatic N) is 1. The molecule has 1 atom stereocenters. The van der Waals surface area contributed by atoms with Gasteiger partial charge in [-0.25, -0.2) is 0 Å². The van der Waals surface area contributed by atoms with Crippen LogP contribution >= 0.6 is 0 Å². The van der Waals surface area contributed by atoms with Crippen LogP contribution in [0.4, 0.5) is 0 Å². The van der Waals surface area contributed by atoms with Gasteiger partial charge < -0.3 is 9.84 Å². The highest BCUT2D eigenvalue weighted by molar-refractivity contribution is 5.69. The van der Waals surface area contributed by atoms with E-state index in [0.29, 0.717) is 19.1 Å². The lowest BCUT2D eigenvalue weighted by Crippen LogP contribution is -2.49. The molecule has 1 aliphatic heterocycles. The summed E-state index contributed by atoms with van der Waals surface area (Å²) < 4.78 is 4.84. The van der Waals surface area contributed by atoms with Gasteiger partial charge in [-0.1, -0.05) is 0 Å². The maximum absolute atomic E-state index is 11.0. The predicted molar refractivity (Wildman–Crippen MR) is 57.5 cm³/mol. The van der Waals surface area contributed by atoms with Crippen molar-refractivity contribution in [2.75, 3.05) is 26.3 Å². The zero-order valence-corrected chi connectivity index (χ0v) is 9.45. The van der Waals surface area contributed by atoms with Crippen LogP contribution in [-0.2, 0) is 9.53 Å². The Morgan fingerprint density at radius 2 is 2.33 bits per heavy atom. The van der Waals surface area contributed by atoms with E-state index in [0.717, 1.165) is 32.4 Å². The van der Waals surface area contributed by atoms with Crippen LogP contribution in [0.15, 0.2) is 0 Å². The van der Waals surface area contributed by atoms with Crippen molar-refractivity contribution in [3.8, 4) is 0 Å². The Labute approximate surface area is 91.2 Å². The highest BCUT2D eigenvalue weighted by Crippen LogP contribution is 2.17. The summed E-state index contributed by atoms with van der Waals surface area (Å²) in [7, 11) is 0. The van der Waals surface area contributed by atoms with Gasteiger partial charge in [0.1, 0.15) is 0 Å². The first-order valence-corrected chi connectivity index (χ1v) is 5.78. The van der Waals surface area contributed by atoms with Crippen molar-refractivity contribution in [2.45, 2.75) is 38.6 Å². The molecule has 0 bridgehead atoms. The highest BCUT2D eigenvalue weighted by Gasteiger charge is 2.25. The Morgan fingerprint density at radius 1 is 1.53 bits per heavy atom. The topological polar surface area (TPSA) is 49.8 Å². The third kappa shape index (κ3) is 4.18. The summed E-state index contributed by atoms with van der Waals surface area (Å²) >= 11 is 0. The molecule has 0 radical (unpaired) electrons. The van der Waals surface area contributed by atoms with Crippen molar-refractivity contribution in [2.24, 2.45) is 0 Å². The zero-order chi connectivity index (χ0) is 11.1. The summed E-state index contributed by atoms with van der Waals surface area (Å²) in [4.78, 5) is 13.3. The van der Waals surface area contributed by atoms with E-state index >= 15 is 0 Å². The predicted octanol–water partition coefficient (Wildman–Crippen LogP) is 0.786. The van der Waals surface area contributed by atoms with Crippen LogP contribution in [0.1, 0.15) is 32.6 Å². The second-order valence-electron chi connectivity index (χ2n) is 3.92. The van der Waals surface area contributed by atoms with Crippen LogP contribution < -0.4 is 0 Å². The first-order valence-electron chi connectivity index (χ1n) is 5.78. The van der Waals surface area contributed by atoms with Crippen molar-refractivity contribution in [1.82, 2.24) is 4.90 Å². The van der Waals surface area contributed by atoms with Crippen molar-refractivity contribution in [3.05, 3.63) is 0 Å². The Hall–Kier alpha value is -0.610. The fourth-order valence-corrected chi connectivity index (χ4v) is 1.81. The fraction of sp³-hybridized carbons (Fsp3) is 0.909. The second-order valence-corrected chi connectivity index (χ2v) is 3.92. The van der Waals surface area contributed by atoms with E-state index in [1.54, 1.807) is 0 Å². The standard InChI is InChI=1S/C11H21NO3/c1-2-15-11(14)5-3-4-7-12-8-6-10(12)9-13/h10,13H,2-9H2,1H3/t10-/m0/s1. The van der Waals surface area contributed by atoms with Crippen molar-refractivity contribution in [1.29, 1.82) is 0 Å². The van der Waals surface area contributed by atoms with Crippen LogP contribution in [0.25, 0.3) is 0 Å². The van der Waals surface area contributed by atoms with Gasteiger partial charge in [-0.05, 0) is 32.7 Å². The fourth-order valence-electron chi connectivity index (χ4n) is 1.81. The van der Waals surface area contributed by atoms with Crippen molar-refractivity contribution in [3.63, 3.8) is 0 Å². The maximum Gasteiger partial charge on any atom is 0.305 e. The molecule has 1 fully saturated rings. The van der Waals surface area contributed by atoms with E-state index in [-0.39, 0.29) is 12.6 Å². The van der Waals surface area contributed by atoms with E-state index in [1.165, 1.54) is 0 Å². The molecule has 1 rings (SSSR count). The summed E-state index contributed by atoms with van der Waals surface area (Å²) in [6.07, 6.45) is 3.52. The average molecular weight is 215 g/mol. The monoisotopic (exact) mass is 215 g/mol. The smallest absolute Gasteiger partial charge is 0.305 e. The molecule has 0 spiro atoms. The largest absolute Gasteiger partial charge is 0.466 e. The third-order valence-corrected chi connectivity index (χ3v) is 2.86. The summed E-state index contributed by atoms with van der Waals surface area (Å²) in [5, 5.41) is 8.96. The van der Waals surface area contributed by atoms with Gasteiger partial charge in [-0.2, -0.15) is 0 Å². The number of hydrogen-bond acceptors (Lipinski definition) is 4. The molecule has 88 valence electrons. The third-order valence-electron chi connectivity index (χ3n) is 2.86. The maximum atomic E-state index is 11.0. The summed E-state index contributed by atoms with van der Waals surface area (Å²) in [5.74, 6) is -0.0974. The van der Waals surface area contributed by atoms with Crippen LogP contribution in [0.2, 0.25) is 0 Å². The van der Waals surface area contributed by atoms with Gasteiger partial charge in [-0.15, -0.1) is 0 Å². The number of esters is 1. The summed E-state index contributed by atoms with van der Waals surface area (Å²) in [6.45, 7) is 4.63. The molecule has 0 amide bonds. The Bertz CT molecular complexity index is 194. The minimum Gasteiger partial charge on any atom is -0.466 e. The minimum absolute atomic E-state index is 0.0974. The molecule has 0 aromatic heterocycles. The number of ether oxygens (including phenoxy) is 1. The molecule has 1 heterocycles. The zero-order valence-electron chi connectivity index (χ0n) is 9.45. The van der Waals surface area contributed by atoms with Gasteiger partial charge in [0.2, 0.25) is 0 Å². The number of likely N-dealkylation sites (tertiary alicyclic amines) is 1. The Balaban J connectivity index is 1.95. The molecular formula is C11H21NO3. The van der Waals surface area contributed by atoms with Crippen LogP contribution in [-0.4, -0.2) is 48.3 Å². The molecule has 0 aromatic rings. The normalized spacial score (nSPS) is 21.1. The number of aliphatic hydroxyl groups excluding tert-OH is 1. The molecule has 1 aliphatic rings. The van der Waals surface area contributed by atoms with Gasteiger partial charge >= 0.3 is 5.97 Å². The summed E-state index contributed by atoms with van der Waals surface area (Å²) in [5.41, 5.74) is 0. The first kappa shape index (κ1) is 12.5. The molecule has 15 heavy (non-hydrogen) atoms. The van der Waals surface area contributed by atoms with Crippen LogP contribution in [0.3, 0.4) is 0 Å². The van der Waals surface area contributed by atoms with E-state index in [9.17, 15) is 4.79 Å². The van der Waals surface area contributed by atoms with Gasteiger partial charge in [0.15, 0.2) is 0 Å². The molecule has 1 saturated heterocycles. The van der Waals surface area contributed by atoms with E-state index in [1.807, 2.05) is 6.92 Å². The Kier molecular flexibility index (Phi) is 5.65. The van der Waals surface area contributed by atoms with Crippen molar-refractivity contribution < 1.29 is 14.6 Å². The van der Waals surface area contributed by atoms with Crippen LogP contribution in [0.5, 0.6) is 0 Å². The quantitative estimate of drug-likeness (QED) is 0.504. The molecule has 0 saturated carbocycles. The van der Waals surface area contributed by atoms with Gasteiger partial charge in [-0.3, -0.25) is 9.69 Å². The van der Waals surface area contributed by atoms with Crippen LogP contribution in [0, 0.1) is 0 Å². The molecule has 1 N–H and O–H groups in total. The van der Waals surface area contributed by atoms with Gasteiger partial charge in [0, 0.05) is 19.0 Å². The van der Waals surface area contributed by atoms with E-state index in [2.05, 4.69) is 4.90 Å². The first-order chi connectivity index (χ1) is 7.27. The SMILES string of the molecule is CCOC(=O)CCCCN1CC[C@H]1CO. The molecule has 0 aromatic carbocycles. The second kappa shape index (κ2) is 6.80. The number of carbonyl (C=O) groups is 1. The number of carbonyl (C=O) groups excluding carboxylic acids is 1.